The van der Waals surface area contributed by atoms with Crippen LogP contribution in [-0.4, -0.2) is 62.1 Å². The Bertz CT molecular complexity index is 564. The first-order valence-corrected chi connectivity index (χ1v) is 9.57. The number of carbonyl (C=O) groups excluding carboxylic acids is 1. The molecular formula is C19H34Cl3N5O. The smallest absolute Gasteiger partial charge is 0.220 e. The van der Waals surface area contributed by atoms with Gasteiger partial charge in [-0.05, 0) is 51.4 Å². The van der Waals surface area contributed by atoms with Gasteiger partial charge in [-0.15, -0.1) is 37.2 Å². The molecule has 0 spiro atoms. The van der Waals surface area contributed by atoms with Crippen LogP contribution < -0.4 is 15.5 Å². The van der Waals surface area contributed by atoms with E-state index >= 15 is 0 Å². The van der Waals surface area contributed by atoms with Gasteiger partial charge in [0.05, 0.1) is 0 Å². The number of hydrogen-bond acceptors (Lipinski definition) is 5. The molecule has 28 heavy (non-hydrogen) atoms. The highest BCUT2D eigenvalue weighted by molar-refractivity contribution is 5.86. The fraction of sp³-hybridized carbons (Fsp3) is 0.684. The number of aromatic nitrogens is 1. The maximum atomic E-state index is 12.2. The number of hydrogen-bond donors (Lipinski definition) is 2. The molecule has 6 nitrogen and oxygen atoms in total. The van der Waals surface area contributed by atoms with E-state index in [0.29, 0.717) is 18.9 Å². The van der Waals surface area contributed by atoms with Crippen molar-refractivity contribution < 1.29 is 4.79 Å². The zero-order valence-corrected chi connectivity index (χ0v) is 19.0. The summed E-state index contributed by atoms with van der Waals surface area (Å²) in [5, 5.41) is 6.47. The van der Waals surface area contributed by atoms with E-state index in [-0.39, 0.29) is 43.1 Å². The van der Waals surface area contributed by atoms with Crippen LogP contribution in [0.15, 0.2) is 18.3 Å². The number of anilines is 1. The molecule has 2 saturated heterocycles. The van der Waals surface area contributed by atoms with Gasteiger partial charge in [0.25, 0.3) is 0 Å². The van der Waals surface area contributed by atoms with E-state index in [0.717, 1.165) is 57.1 Å². The molecule has 3 rings (SSSR count). The maximum absolute atomic E-state index is 12.2. The Hall–Kier alpha value is -0.790. The van der Waals surface area contributed by atoms with Crippen LogP contribution in [0.25, 0.3) is 0 Å². The quantitative estimate of drug-likeness (QED) is 0.691. The predicted molar refractivity (Wildman–Crippen MR) is 122 cm³/mol. The third kappa shape index (κ3) is 8.29. The van der Waals surface area contributed by atoms with E-state index < -0.39 is 0 Å². The van der Waals surface area contributed by atoms with Gasteiger partial charge in [0.15, 0.2) is 0 Å². The minimum absolute atomic E-state index is 0. The lowest BCUT2D eigenvalue weighted by molar-refractivity contribution is -0.121. The maximum Gasteiger partial charge on any atom is 0.220 e. The van der Waals surface area contributed by atoms with E-state index in [4.69, 9.17) is 0 Å². The fourth-order valence-electron chi connectivity index (χ4n) is 3.66. The van der Waals surface area contributed by atoms with Crippen LogP contribution in [0.2, 0.25) is 0 Å². The summed E-state index contributed by atoms with van der Waals surface area (Å²) in [5.74, 6) is 1.88. The van der Waals surface area contributed by atoms with Crippen molar-refractivity contribution in [2.24, 2.45) is 5.92 Å². The van der Waals surface area contributed by atoms with E-state index in [1.807, 2.05) is 12.3 Å². The van der Waals surface area contributed by atoms with Gasteiger partial charge in [-0.2, -0.15) is 0 Å². The topological polar surface area (TPSA) is 60.5 Å². The summed E-state index contributed by atoms with van der Waals surface area (Å²) < 4.78 is 0. The van der Waals surface area contributed by atoms with Gasteiger partial charge in [-0.25, -0.2) is 4.98 Å². The molecule has 1 aromatic rings. The Kier molecular flexibility index (Phi) is 13.8. The van der Waals surface area contributed by atoms with Crippen molar-refractivity contribution >= 4 is 48.9 Å². The normalized spacial score (nSPS) is 17.7. The molecule has 0 aliphatic carbocycles. The third-order valence-corrected chi connectivity index (χ3v) is 5.38. The zero-order chi connectivity index (χ0) is 17.5. The molecular weight excluding hydrogens is 421 g/mol. The van der Waals surface area contributed by atoms with E-state index in [9.17, 15) is 4.79 Å². The molecule has 162 valence electrons. The molecule has 9 heteroatoms. The number of nitrogens with one attached hydrogen (secondary N) is 2. The molecule has 0 bridgehead atoms. The number of piperazine rings is 1. The van der Waals surface area contributed by atoms with Gasteiger partial charge < -0.3 is 20.4 Å². The van der Waals surface area contributed by atoms with E-state index in [2.05, 4.69) is 38.5 Å². The summed E-state index contributed by atoms with van der Waals surface area (Å²) in [5.41, 5.74) is 1.11. The largest absolute Gasteiger partial charge is 0.354 e. The Balaban J connectivity index is 0.00000243. The lowest BCUT2D eigenvalue weighted by atomic mass is 9.93. The summed E-state index contributed by atoms with van der Waals surface area (Å²) in [6.07, 6.45) is 5.88. The molecule has 2 aliphatic heterocycles. The summed E-state index contributed by atoms with van der Waals surface area (Å²) in [4.78, 5) is 21.5. The van der Waals surface area contributed by atoms with Crippen LogP contribution in [0.5, 0.6) is 0 Å². The molecule has 2 N–H and O–H groups in total. The molecule has 2 fully saturated rings. The van der Waals surface area contributed by atoms with Crippen molar-refractivity contribution in [3.05, 3.63) is 23.9 Å². The van der Waals surface area contributed by atoms with Crippen LogP contribution >= 0.6 is 37.2 Å². The molecule has 0 aromatic carbocycles. The van der Waals surface area contributed by atoms with Crippen LogP contribution in [-0.2, 0) is 11.3 Å². The molecule has 0 radical (unpaired) electrons. The van der Waals surface area contributed by atoms with Crippen LogP contribution in [0, 0.1) is 5.92 Å². The van der Waals surface area contributed by atoms with Gasteiger partial charge in [-0.1, -0.05) is 6.07 Å². The molecule has 3 heterocycles. The molecule has 0 atom stereocenters. The first kappa shape index (κ1) is 27.2. The zero-order valence-electron chi connectivity index (χ0n) is 16.6. The van der Waals surface area contributed by atoms with Crippen LogP contribution in [0.1, 0.15) is 31.2 Å². The van der Waals surface area contributed by atoms with Crippen molar-refractivity contribution in [2.75, 3.05) is 51.2 Å². The first-order chi connectivity index (χ1) is 12.2. The monoisotopic (exact) mass is 453 g/mol. The number of halogens is 3. The summed E-state index contributed by atoms with van der Waals surface area (Å²) >= 11 is 0. The van der Waals surface area contributed by atoms with Crippen molar-refractivity contribution in [3.8, 4) is 0 Å². The summed E-state index contributed by atoms with van der Waals surface area (Å²) in [6.45, 7) is 6.85. The number of rotatable bonds is 6. The van der Waals surface area contributed by atoms with Crippen molar-refractivity contribution in [2.45, 2.75) is 32.2 Å². The molecule has 1 aromatic heterocycles. The summed E-state index contributed by atoms with van der Waals surface area (Å²) in [7, 11) is 2.15. The van der Waals surface area contributed by atoms with Crippen molar-refractivity contribution in [1.29, 1.82) is 0 Å². The van der Waals surface area contributed by atoms with Gasteiger partial charge >= 0.3 is 0 Å². The second kappa shape index (κ2) is 14.2. The number of nitrogens with zero attached hydrogens (tertiary/aromatic N) is 3. The predicted octanol–water partition coefficient (Wildman–Crippen LogP) is 2.49. The molecule has 1 amide bonds. The highest BCUT2D eigenvalue weighted by Crippen LogP contribution is 2.20. The van der Waals surface area contributed by atoms with E-state index in [1.54, 1.807) is 0 Å². The van der Waals surface area contributed by atoms with Crippen molar-refractivity contribution in [1.82, 2.24) is 20.5 Å². The minimum atomic E-state index is 0. The van der Waals surface area contributed by atoms with Crippen molar-refractivity contribution in [3.63, 3.8) is 0 Å². The van der Waals surface area contributed by atoms with Gasteiger partial charge in [0.2, 0.25) is 5.91 Å². The molecule has 0 saturated carbocycles. The SMILES string of the molecule is CN1CCN(c2ncccc2CNC(=O)CCC2CCNCC2)CC1.Cl.Cl.Cl. The second-order valence-electron chi connectivity index (χ2n) is 7.29. The first-order valence-electron chi connectivity index (χ1n) is 9.57. The third-order valence-electron chi connectivity index (χ3n) is 5.38. The fourth-order valence-corrected chi connectivity index (χ4v) is 3.66. The summed E-state index contributed by atoms with van der Waals surface area (Å²) in [6, 6.07) is 4.03. The van der Waals surface area contributed by atoms with E-state index in [1.165, 1.54) is 12.8 Å². The molecule has 0 unspecified atom stereocenters. The second-order valence-corrected chi connectivity index (χ2v) is 7.29. The van der Waals surface area contributed by atoms with Crippen LogP contribution in [0.4, 0.5) is 5.82 Å². The average Bonchev–Trinajstić information content (AvgIpc) is 2.66. The number of pyridine rings is 1. The Morgan fingerprint density at radius 2 is 1.86 bits per heavy atom. The highest BCUT2D eigenvalue weighted by Gasteiger charge is 2.18. The van der Waals surface area contributed by atoms with Crippen LogP contribution in [0.3, 0.4) is 0 Å². The number of piperidine rings is 1. The Labute approximate surface area is 187 Å². The lowest BCUT2D eigenvalue weighted by Crippen LogP contribution is -2.45. The number of amides is 1. The highest BCUT2D eigenvalue weighted by atomic mass is 35.5. The molecule has 2 aliphatic rings. The number of likely N-dealkylation sites (N-methyl/N-ethyl adjacent to an activating group) is 1. The Morgan fingerprint density at radius 3 is 2.54 bits per heavy atom. The standard InChI is InChI=1S/C19H31N5O.3ClH/c1-23-11-13-24(14-12-23)19-17(3-2-8-21-19)15-22-18(25)5-4-16-6-9-20-10-7-16;;;/h2-3,8,16,20H,4-7,9-15H2,1H3,(H,22,25);3*1H. The lowest BCUT2D eigenvalue weighted by Gasteiger charge is -2.34. The van der Waals surface area contributed by atoms with Gasteiger partial charge in [0.1, 0.15) is 5.82 Å². The minimum Gasteiger partial charge on any atom is -0.354 e. The average molecular weight is 455 g/mol. The number of carbonyl (C=O) groups is 1. The Morgan fingerprint density at radius 1 is 1.18 bits per heavy atom. The van der Waals surface area contributed by atoms with Gasteiger partial charge in [0, 0.05) is 50.9 Å². The van der Waals surface area contributed by atoms with Gasteiger partial charge in [-0.3, -0.25) is 4.79 Å².